The van der Waals surface area contributed by atoms with Gasteiger partial charge >= 0.3 is 0 Å². The number of anilines is 2. The minimum absolute atomic E-state index is 0.0277. The van der Waals surface area contributed by atoms with Crippen LogP contribution >= 0.6 is 0 Å². The fourth-order valence-electron chi connectivity index (χ4n) is 3.12. The summed E-state index contributed by atoms with van der Waals surface area (Å²) in [6, 6.07) is 16.2. The van der Waals surface area contributed by atoms with Crippen LogP contribution < -0.4 is 25.2 Å². The lowest BCUT2D eigenvalue weighted by Crippen LogP contribution is -2.54. The van der Waals surface area contributed by atoms with Crippen molar-refractivity contribution < 1.29 is 19.1 Å². The molecule has 2 amide bonds. The minimum Gasteiger partial charge on any atom is -0.493 e. The summed E-state index contributed by atoms with van der Waals surface area (Å²) < 4.78 is 11.1. The number of rotatable bonds is 6. The van der Waals surface area contributed by atoms with Crippen LogP contribution in [0.3, 0.4) is 0 Å². The molecule has 168 valence electrons. The summed E-state index contributed by atoms with van der Waals surface area (Å²) in [5.41, 5.74) is 5.97. The Hall–Kier alpha value is -4.40. The molecule has 0 spiro atoms. The Kier molecular flexibility index (Phi) is 6.21. The fourth-order valence-corrected chi connectivity index (χ4v) is 3.12. The van der Waals surface area contributed by atoms with Crippen molar-refractivity contribution in [3.8, 4) is 17.4 Å². The predicted molar refractivity (Wildman–Crippen MR) is 125 cm³/mol. The largest absolute Gasteiger partial charge is 0.493 e. The number of aliphatic imine (C=N–C) groups is 1. The Balaban J connectivity index is 1.41. The van der Waals surface area contributed by atoms with Gasteiger partial charge in [0, 0.05) is 6.07 Å². The predicted octanol–water partition coefficient (Wildman–Crippen LogP) is 3.39. The fraction of sp³-hybridized carbons (Fsp3) is 0.167. The van der Waals surface area contributed by atoms with Crippen LogP contribution in [-0.2, 0) is 9.59 Å². The van der Waals surface area contributed by atoms with E-state index in [0.29, 0.717) is 28.8 Å². The maximum Gasteiger partial charge on any atom is 0.292 e. The van der Waals surface area contributed by atoms with Crippen LogP contribution in [0.2, 0.25) is 0 Å². The molecule has 1 aromatic heterocycles. The van der Waals surface area contributed by atoms with E-state index >= 15 is 0 Å². The highest BCUT2D eigenvalue weighted by Gasteiger charge is 2.25. The zero-order valence-corrected chi connectivity index (χ0v) is 18.5. The maximum absolute atomic E-state index is 12.7. The monoisotopic (exact) mass is 445 g/mol. The van der Waals surface area contributed by atoms with Gasteiger partial charge in [-0.2, -0.15) is 0 Å². The first-order valence-electron chi connectivity index (χ1n) is 10.2. The van der Waals surface area contributed by atoms with E-state index in [2.05, 4.69) is 20.7 Å². The number of aryl methyl sites for hydroxylation is 2. The number of carbonyl (C=O) groups is 2. The van der Waals surface area contributed by atoms with Gasteiger partial charge in [0.2, 0.25) is 11.7 Å². The summed E-state index contributed by atoms with van der Waals surface area (Å²) >= 11 is 0. The van der Waals surface area contributed by atoms with Gasteiger partial charge in [0.25, 0.3) is 11.8 Å². The van der Waals surface area contributed by atoms with Gasteiger partial charge in [-0.05, 0) is 49.7 Å². The van der Waals surface area contributed by atoms with Crippen molar-refractivity contribution in [1.82, 2.24) is 10.4 Å². The van der Waals surface area contributed by atoms with E-state index in [4.69, 9.17) is 9.47 Å². The van der Waals surface area contributed by atoms with E-state index in [0.717, 1.165) is 11.1 Å². The van der Waals surface area contributed by atoms with Gasteiger partial charge in [-0.25, -0.2) is 9.99 Å². The van der Waals surface area contributed by atoms with Crippen LogP contribution in [0.5, 0.6) is 17.4 Å². The lowest BCUT2D eigenvalue weighted by Gasteiger charge is -2.27. The number of amidine groups is 1. The van der Waals surface area contributed by atoms with Gasteiger partial charge in [0.05, 0.1) is 24.7 Å². The Bertz CT molecular complexity index is 1210. The van der Waals surface area contributed by atoms with Crippen LogP contribution in [-0.4, -0.2) is 36.3 Å². The van der Waals surface area contributed by atoms with Crippen LogP contribution in [0.15, 0.2) is 65.8 Å². The summed E-state index contributed by atoms with van der Waals surface area (Å²) in [5.74, 6) is 0.761. The summed E-state index contributed by atoms with van der Waals surface area (Å²) in [7, 11) is 1.57. The van der Waals surface area contributed by atoms with E-state index in [1.54, 1.807) is 37.4 Å². The van der Waals surface area contributed by atoms with Crippen LogP contribution in [0.25, 0.3) is 0 Å². The molecule has 9 heteroatoms. The van der Waals surface area contributed by atoms with E-state index in [1.165, 1.54) is 11.2 Å². The lowest BCUT2D eigenvalue weighted by atomic mass is 10.2. The average molecular weight is 445 g/mol. The molecule has 0 bridgehead atoms. The average Bonchev–Trinajstić information content (AvgIpc) is 2.82. The Morgan fingerprint density at radius 1 is 1.03 bits per heavy atom. The van der Waals surface area contributed by atoms with Crippen molar-refractivity contribution in [2.45, 2.75) is 13.8 Å². The number of pyridine rings is 1. The molecule has 1 aliphatic rings. The number of aromatic nitrogens is 1. The Labute approximate surface area is 191 Å². The van der Waals surface area contributed by atoms with E-state index < -0.39 is 5.91 Å². The second-order valence-electron chi connectivity index (χ2n) is 7.44. The van der Waals surface area contributed by atoms with Crippen LogP contribution in [0.1, 0.15) is 11.1 Å². The molecule has 2 N–H and O–H groups in total. The number of carbonyl (C=O) groups excluding carboxylic acids is 2. The van der Waals surface area contributed by atoms with Gasteiger partial charge in [-0.15, -0.1) is 0 Å². The SMILES string of the molecule is COc1cc(C)ccc1Oc1ccc(NC(=O)C2=NCC(=O)N(c3ccc(C)cc3)N2)cn1. The molecular formula is C24H23N5O4. The minimum atomic E-state index is -0.490. The zero-order chi connectivity index (χ0) is 23.4. The van der Waals surface area contributed by atoms with E-state index in [1.807, 2.05) is 38.1 Å². The number of nitrogens with zero attached hydrogens (tertiary/aromatic N) is 3. The maximum atomic E-state index is 12.7. The normalized spacial score (nSPS) is 13.1. The zero-order valence-electron chi connectivity index (χ0n) is 18.5. The highest BCUT2D eigenvalue weighted by Crippen LogP contribution is 2.31. The van der Waals surface area contributed by atoms with Crippen molar-refractivity contribution in [1.29, 1.82) is 0 Å². The number of hydrogen-bond acceptors (Lipinski definition) is 7. The molecule has 3 aromatic rings. The number of hydrazine groups is 1. The third-order valence-corrected chi connectivity index (χ3v) is 4.87. The standard InChI is InChI=1S/C24H23N5O4/c1-15-4-8-18(9-5-15)29-22(30)14-26-23(28-29)24(31)27-17-7-11-21(25-13-17)33-19-10-6-16(2)12-20(19)32-3/h4-13H,14H2,1-3H3,(H,26,28)(H,27,31). The third-order valence-electron chi connectivity index (χ3n) is 4.87. The van der Waals surface area contributed by atoms with Crippen molar-refractivity contribution >= 4 is 29.0 Å². The van der Waals surface area contributed by atoms with Gasteiger partial charge in [-0.1, -0.05) is 23.8 Å². The molecule has 0 fully saturated rings. The Morgan fingerprint density at radius 2 is 1.79 bits per heavy atom. The lowest BCUT2D eigenvalue weighted by molar-refractivity contribution is -0.118. The topological polar surface area (TPSA) is 105 Å². The quantitative estimate of drug-likeness (QED) is 0.603. The molecule has 1 aliphatic heterocycles. The highest BCUT2D eigenvalue weighted by atomic mass is 16.5. The van der Waals surface area contributed by atoms with Crippen LogP contribution in [0, 0.1) is 13.8 Å². The van der Waals surface area contributed by atoms with Gasteiger partial charge < -0.3 is 14.8 Å². The first-order chi connectivity index (χ1) is 15.9. The summed E-state index contributed by atoms with van der Waals surface area (Å²) in [6.45, 7) is 3.79. The second kappa shape index (κ2) is 9.39. The molecule has 0 saturated heterocycles. The molecule has 0 saturated carbocycles. The number of amides is 2. The van der Waals surface area contributed by atoms with Gasteiger partial charge in [0.1, 0.15) is 6.54 Å². The van der Waals surface area contributed by atoms with Crippen molar-refractivity contribution in [3.05, 3.63) is 71.9 Å². The third kappa shape index (κ3) is 5.09. The smallest absolute Gasteiger partial charge is 0.292 e. The van der Waals surface area contributed by atoms with E-state index in [-0.39, 0.29) is 18.3 Å². The van der Waals surface area contributed by atoms with Gasteiger partial charge in [-0.3, -0.25) is 20.0 Å². The van der Waals surface area contributed by atoms with Gasteiger partial charge in [0.15, 0.2) is 11.5 Å². The summed E-state index contributed by atoms with van der Waals surface area (Å²) in [4.78, 5) is 33.2. The molecule has 2 heterocycles. The number of benzene rings is 2. The van der Waals surface area contributed by atoms with Crippen molar-refractivity contribution in [2.24, 2.45) is 4.99 Å². The van der Waals surface area contributed by atoms with Crippen molar-refractivity contribution in [2.75, 3.05) is 24.0 Å². The molecule has 0 radical (unpaired) electrons. The second-order valence-corrected chi connectivity index (χ2v) is 7.44. The van der Waals surface area contributed by atoms with E-state index in [9.17, 15) is 9.59 Å². The number of nitrogens with one attached hydrogen (secondary N) is 2. The number of methoxy groups -OCH3 is 1. The van der Waals surface area contributed by atoms with Crippen LogP contribution in [0.4, 0.5) is 11.4 Å². The summed E-state index contributed by atoms with van der Waals surface area (Å²) in [6.07, 6.45) is 1.47. The molecular weight excluding hydrogens is 422 g/mol. The molecule has 33 heavy (non-hydrogen) atoms. The highest BCUT2D eigenvalue weighted by molar-refractivity contribution is 6.43. The molecule has 0 unspecified atom stereocenters. The first-order valence-corrected chi connectivity index (χ1v) is 10.2. The molecule has 0 aliphatic carbocycles. The Morgan fingerprint density at radius 3 is 2.48 bits per heavy atom. The number of hydrogen-bond donors (Lipinski definition) is 2. The van der Waals surface area contributed by atoms with Crippen molar-refractivity contribution in [3.63, 3.8) is 0 Å². The molecule has 9 nitrogen and oxygen atoms in total. The molecule has 2 aromatic carbocycles. The molecule has 4 rings (SSSR count). The molecule has 0 atom stereocenters. The number of ether oxygens (including phenoxy) is 2. The first kappa shape index (κ1) is 21.8. The summed E-state index contributed by atoms with van der Waals surface area (Å²) in [5, 5.41) is 4.03.